The lowest BCUT2D eigenvalue weighted by Gasteiger charge is -2.34. The average Bonchev–Trinajstić information content (AvgIpc) is 3.62. The summed E-state index contributed by atoms with van der Waals surface area (Å²) in [5.74, 6) is -1.48. The number of ketones is 1. The molecule has 3 aliphatic rings. The molecule has 0 aromatic heterocycles. The Balaban J connectivity index is 1.48. The number of amides is 4. The Morgan fingerprint density at radius 1 is 1.00 bits per heavy atom. The Kier molecular flexibility index (Phi) is 8.81. The highest BCUT2D eigenvalue weighted by molar-refractivity contribution is 5.99. The van der Waals surface area contributed by atoms with E-state index in [9.17, 15) is 24.0 Å². The number of Topliss-reactive ketones (excluding diaryl/α,β-unsaturated/α-hetero) is 1. The maximum atomic E-state index is 13.7. The smallest absolute Gasteiger partial charge is 0.246 e. The molecule has 0 saturated carbocycles. The number of hydrogen-bond donors (Lipinski definition) is 3. The molecule has 0 radical (unpaired) electrons. The molecule has 3 fully saturated rings. The van der Waals surface area contributed by atoms with Crippen molar-refractivity contribution in [1.82, 2.24) is 20.9 Å². The number of nitrogens with one attached hydrogen (secondary N) is 3. The number of unbranched alkanes of at least 4 members (excludes halogenated alkanes) is 2. The van der Waals surface area contributed by atoms with Gasteiger partial charge in [0.2, 0.25) is 23.6 Å². The Labute approximate surface area is 223 Å². The molecule has 38 heavy (non-hydrogen) atoms. The molecular weight excluding hydrogens is 488 g/mol. The number of carbonyl (C=O) groups is 5. The van der Waals surface area contributed by atoms with Crippen molar-refractivity contribution in [3.63, 3.8) is 0 Å². The van der Waals surface area contributed by atoms with Crippen molar-refractivity contribution in [2.75, 3.05) is 13.2 Å². The Bertz CT molecular complexity index is 1050. The third kappa shape index (κ3) is 6.98. The van der Waals surface area contributed by atoms with E-state index in [0.29, 0.717) is 51.7 Å². The fourth-order valence-corrected chi connectivity index (χ4v) is 5.10. The zero-order chi connectivity index (χ0) is 27.3. The van der Waals surface area contributed by atoms with E-state index in [4.69, 9.17) is 4.74 Å². The molecule has 0 bridgehead atoms. The van der Waals surface area contributed by atoms with Gasteiger partial charge in [-0.1, -0.05) is 43.2 Å². The predicted molar refractivity (Wildman–Crippen MR) is 139 cm³/mol. The molecule has 0 spiro atoms. The highest BCUT2D eigenvalue weighted by Crippen LogP contribution is 2.22. The highest BCUT2D eigenvalue weighted by Gasteiger charge is 2.42. The summed E-state index contributed by atoms with van der Waals surface area (Å²) in [7, 11) is 0. The van der Waals surface area contributed by atoms with Gasteiger partial charge in [0, 0.05) is 19.4 Å². The van der Waals surface area contributed by atoms with E-state index in [1.807, 2.05) is 30.3 Å². The first-order valence-electron chi connectivity index (χ1n) is 13.6. The van der Waals surface area contributed by atoms with Crippen molar-refractivity contribution < 1.29 is 28.7 Å². The van der Waals surface area contributed by atoms with Crippen LogP contribution in [0, 0.1) is 0 Å². The Morgan fingerprint density at radius 3 is 2.45 bits per heavy atom. The van der Waals surface area contributed by atoms with Crippen LogP contribution in [0.25, 0.3) is 0 Å². The molecule has 3 aliphatic heterocycles. The van der Waals surface area contributed by atoms with Crippen LogP contribution in [0.15, 0.2) is 30.3 Å². The van der Waals surface area contributed by atoms with E-state index in [0.717, 1.165) is 12.0 Å². The summed E-state index contributed by atoms with van der Waals surface area (Å²) in [4.78, 5) is 66.9. The number of epoxide rings is 1. The number of carbonyl (C=O) groups excluding carboxylic acids is 5. The lowest BCUT2D eigenvalue weighted by molar-refractivity contribution is -0.144. The summed E-state index contributed by atoms with van der Waals surface area (Å²) < 4.78 is 5.01. The molecule has 4 amide bonds. The van der Waals surface area contributed by atoms with Crippen LogP contribution in [-0.4, -0.2) is 77.2 Å². The second-order valence-corrected chi connectivity index (χ2v) is 11.0. The van der Waals surface area contributed by atoms with Crippen LogP contribution in [0.4, 0.5) is 0 Å². The van der Waals surface area contributed by atoms with Crippen molar-refractivity contribution in [1.29, 1.82) is 0 Å². The lowest BCUT2D eigenvalue weighted by atomic mass is 9.98. The van der Waals surface area contributed by atoms with E-state index in [2.05, 4.69) is 16.0 Å². The molecular formula is C28H38N4O6. The second kappa shape index (κ2) is 12.1. The van der Waals surface area contributed by atoms with Crippen LogP contribution in [-0.2, 0) is 35.1 Å². The quantitative estimate of drug-likeness (QED) is 0.325. The van der Waals surface area contributed by atoms with E-state index in [1.54, 1.807) is 18.7 Å². The topological polar surface area (TPSA) is 137 Å². The number of benzene rings is 1. The van der Waals surface area contributed by atoms with E-state index in [-0.39, 0.29) is 30.1 Å². The summed E-state index contributed by atoms with van der Waals surface area (Å²) in [5.41, 5.74) is -0.429. The Morgan fingerprint density at radius 2 is 1.74 bits per heavy atom. The number of fused-ring (bicyclic) bond motifs is 1. The van der Waals surface area contributed by atoms with Gasteiger partial charge in [-0.15, -0.1) is 0 Å². The first-order valence-corrected chi connectivity index (χ1v) is 13.6. The summed E-state index contributed by atoms with van der Waals surface area (Å²) in [6.45, 7) is 4.08. The molecule has 10 heteroatoms. The van der Waals surface area contributed by atoms with Crippen molar-refractivity contribution in [3.05, 3.63) is 35.9 Å². The van der Waals surface area contributed by atoms with Crippen LogP contribution >= 0.6 is 0 Å². The molecule has 206 valence electrons. The summed E-state index contributed by atoms with van der Waals surface area (Å²) in [5, 5.41) is 8.48. The van der Waals surface area contributed by atoms with Gasteiger partial charge in [-0.2, -0.15) is 0 Å². The van der Waals surface area contributed by atoms with Gasteiger partial charge in [-0.3, -0.25) is 24.0 Å². The molecule has 3 saturated heterocycles. The van der Waals surface area contributed by atoms with E-state index >= 15 is 0 Å². The summed E-state index contributed by atoms with van der Waals surface area (Å²) in [6, 6.07) is 6.97. The van der Waals surface area contributed by atoms with Crippen LogP contribution in [0.3, 0.4) is 0 Å². The van der Waals surface area contributed by atoms with Crippen molar-refractivity contribution >= 4 is 29.4 Å². The van der Waals surface area contributed by atoms with Crippen LogP contribution in [0.5, 0.6) is 0 Å². The van der Waals surface area contributed by atoms with Gasteiger partial charge in [-0.25, -0.2) is 0 Å². The predicted octanol–water partition coefficient (Wildman–Crippen LogP) is 1.02. The van der Waals surface area contributed by atoms with Gasteiger partial charge in [0.05, 0.1) is 6.61 Å². The molecule has 3 N–H and O–H groups in total. The molecule has 0 aliphatic carbocycles. The molecule has 4 atom stereocenters. The fourth-order valence-electron chi connectivity index (χ4n) is 5.10. The fraction of sp³-hybridized carbons (Fsp3) is 0.607. The van der Waals surface area contributed by atoms with Crippen LogP contribution in [0.1, 0.15) is 64.4 Å². The minimum Gasteiger partial charge on any atom is -0.365 e. The summed E-state index contributed by atoms with van der Waals surface area (Å²) in [6.07, 6.45) is 4.01. The van der Waals surface area contributed by atoms with Crippen LogP contribution < -0.4 is 16.0 Å². The molecule has 1 aromatic carbocycles. The Hall–Kier alpha value is -3.27. The molecule has 1 aromatic rings. The largest absolute Gasteiger partial charge is 0.365 e. The van der Waals surface area contributed by atoms with E-state index < -0.39 is 35.5 Å². The third-order valence-corrected chi connectivity index (χ3v) is 7.47. The van der Waals surface area contributed by atoms with Gasteiger partial charge < -0.3 is 25.6 Å². The van der Waals surface area contributed by atoms with Crippen molar-refractivity contribution in [2.24, 2.45) is 0 Å². The molecule has 0 unspecified atom stereocenters. The van der Waals surface area contributed by atoms with Crippen LogP contribution in [0.2, 0.25) is 0 Å². The second-order valence-electron chi connectivity index (χ2n) is 11.0. The van der Waals surface area contributed by atoms with E-state index in [1.165, 1.54) is 0 Å². The van der Waals surface area contributed by atoms with Gasteiger partial charge in [0.1, 0.15) is 29.8 Å². The number of nitrogens with zero attached hydrogens (tertiary/aromatic N) is 1. The minimum absolute atomic E-state index is 0.103. The standard InChI is InChI=1S/C28H38N4O6/c1-28(2)27(37)30-20(16-18-10-5-3-6-11-18)26(36)32-15-9-13-21(32)25(35)29-19(24(34)31-28)12-7-4-8-14-22(33)23-17-38-23/h3,5-6,10-11,19-21,23H,4,7-9,12-17H2,1-2H3,(H,29,35)(H,30,37)(H,31,34)/t19-,20-,21+,23-/m0/s1. The monoisotopic (exact) mass is 526 g/mol. The van der Waals surface area contributed by atoms with Crippen molar-refractivity contribution in [3.8, 4) is 0 Å². The van der Waals surface area contributed by atoms with Gasteiger partial charge in [0.15, 0.2) is 5.78 Å². The third-order valence-electron chi connectivity index (χ3n) is 7.47. The number of hydrogen-bond acceptors (Lipinski definition) is 6. The van der Waals surface area contributed by atoms with Gasteiger partial charge in [-0.05, 0) is 45.1 Å². The zero-order valence-electron chi connectivity index (χ0n) is 22.2. The first kappa shape index (κ1) is 27.8. The average molecular weight is 527 g/mol. The lowest BCUT2D eigenvalue weighted by Crippen LogP contribution is -2.64. The van der Waals surface area contributed by atoms with Crippen molar-refractivity contribution in [2.45, 2.75) is 95.0 Å². The normalized spacial score (nSPS) is 27.4. The SMILES string of the molecule is CC1(C)NC(=O)[C@H](CCCCCC(=O)[C@@H]2CO2)NC(=O)[C@H]2CCCN2C(=O)[C@H](Cc2ccccc2)NC1=O. The van der Waals surface area contributed by atoms with Gasteiger partial charge in [0.25, 0.3) is 0 Å². The maximum Gasteiger partial charge on any atom is 0.246 e. The highest BCUT2D eigenvalue weighted by atomic mass is 16.6. The summed E-state index contributed by atoms with van der Waals surface area (Å²) >= 11 is 0. The zero-order valence-corrected chi connectivity index (χ0v) is 22.2. The number of ether oxygens (including phenoxy) is 1. The first-order chi connectivity index (χ1) is 18.2. The molecule has 10 nitrogen and oxygen atoms in total. The molecule has 3 heterocycles. The number of rotatable bonds is 9. The minimum atomic E-state index is -1.31. The van der Waals surface area contributed by atoms with Gasteiger partial charge >= 0.3 is 0 Å². The molecule has 4 rings (SSSR count). The maximum absolute atomic E-state index is 13.7.